The third kappa shape index (κ3) is 1.94. The largest absolute Gasteiger partial charge is 0.358 e. The van der Waals surface area contributed by atoms with Crippen molar-refractivity contribution in [3.05, 3.63) is 70.4 Å². The van der Waals surface area contributed by atoms with Gasteiger partial charge in [0.25, 0.3) is 0 Å². The summed E-state index contributed by atoms with van der Waals surface area (Å²) >= 11 is 0. The molecule has 0 unspecified atom stereocenters. The van der Waals surface area contributed by atoms with Gasteiger partial charge in [-0.05, 0) is 32.4 Å². The van der Waals surface area contributed by atoms with Crippen LogP contribution in [0, 0.1) is 20.8 Å². The molecule has 0 saturated heterocycles. The van der Waals surface area contributed by atoms with E-state index in [1.54, 1.807) is 0 Å². The van der Waals surface area contributed by atoms with Gasteiger partial charge in [0.05, 0.1) is 5.56 Å². The van der Waals surface area contributed by atoms with E-state index in [4.69, 9.17) is 0 Å². The molecular weight excluding hydrogens is 246 g/mol. The van der Waals surface area contributed by atoms with Crippen LogP contribution < -0.4 is 0 Å². The summed E-state index contributed by atoms with van der Waals surface area (Å²) in [6, 6.07) is 13.9. The Labute approximate surface area is 118 Å². The minimum Gasteiger partial charge on any atom is -0.358 e. The van der Waals surface area contributed by atoms with Crippen LogP contribution in [-0.2, 0) is 0 Å². The van der Waals surface area contributed by atoms with Crippen LogP contribution in [0.25, 0.3) is 10.9 Å². The Balaban J connectivity index is 2.20. The fraction of sp³-hybridized carbons (Fsp3) is 0.167. The number of carbonyl (C=O) groups excluding carboxylic acids is 1. The summed E-state index contributed by atoms with van der Waals surface area (Å²) in [4.78, 5) is 16.1. The molecule has 1 aromatic heterocycles. The average Bonchev–Trinajstić information content (AvgIpc) is 2.73. The van der Waals surface area contributed by atoms with Crippen molar-refractivity contribution in [3.63, 3.8) is 0 Å². The molecule has 3 rings (SSSR count). The van der Waals surface area contributed by atoms with Crippen LogP contribution in [0.4, 0.5) is 0 Å². The zero-order chi connectivity index (χ0) is 14.3. The van der Waals surface area contributed by atoms with Gasteiger partial charge >= 0.3 is 0 Å². The van der Waals surface area contributed by atoms with Crippen molar-refractivity contribution >= 4 is 16.7 Å². The van der Waals surface area contributed by atoms with Crippen molar-refractivity contribution in [3.8, 4) is 0 Å². The molecule has 0 bridgehead atoms. The average molecular weight is 263 g/mol. The molecule has 0 amide bonds. The number of H-pyrrole nitrogens is 1. The molecule has 0 aliphatic heterocycles. The highest BCUT2D eigenvalue weighted by Crippen LogP contribution is 2.25. The van der Waals surface area contributed by atoms with E-state index in [9.17, 15) is 4.79 Å². The van der Waals surface area contributed by atoms with E-state index < -0.39 is 0 Å². The van der Waals surface area contributed by atoms with E-state index in [0.29, 0.717) is 0 Å². The first-order chi connectivity index (χ1) is 9.58. The van der Waals surface area contributed by atoms with Gasteiger partial charge in [-0.15, -0.1) is 0 Å². The maximum Gasteiger partial charge on any atom is 0.195 e. The minimum atomic E-state index is 0.0949. The van der Waals surface area contributed by atoms with Crippen molar-refractivity contribution in [2.45, 2.75) is 20.8 Å². The molecule has 2 aromatic carbocycles. The van der Waals surface area contributed by atoms with Crippen molar-refractivity contribution in [2.75, 3.05) is 0 Å². The summed E-state index contributed by atoms with van der Waals surface area (Å²) in [7, 11) is 0. The van der Waals surface area contributed by atoms with Crippen LogP contribution in [0.15, 0.2) is 42.5 Å². The number of hydrogen-bond donors (Lipinski definition) is 1. The Morgan fingerprint density at radius 3 is 2.50 bits per heavy atom. The van der Waals surface area contributed by atoms with Crippen molar-refractivity contribution < 1.29 is 4.79 Å². The van der Waals surface area contributed by atoms with E-state index in [1.807, 2.05) is 57.2 Å². The van der Waals surface area contributed by atoms with Crippen molar-refractivity contribution in [1.82, 2.24) is 4.98 Å². The van der Waals surface area contributed by atoms with E-state index in [2.05, 4.69) is 11.1 Å². The van der Waals surface area contributed by atoms with E-state index in [0.717, 1.165) is 33.3 Å². The molecule has 2 nitrogen and oxygen atoms in total. The van der Waals surface area contributed by atoms with Crippen LogP contribution >= 0.6 is 0 Å². The first-order valence-corrected chi connectivity index (χ1v) is 6.77. The molecule has 0 radical (unpaired) electrons. The zero-order valence-corrected chi connectivity index (χ0v) is 11.9. The standard InChI is InChI=1S/C18H17NO/c1-11-8-9-14(12(2)10-11)18(20)17-13(3)19-16-7-5-4-6-15(16)17/h4-10,19H,1-3H3. The number of benzene rings is 2. The molecule has 0 fully saturated rings. The lowest BCUT2D eigenvalue weighted by Gasteiger charge is -2.06. The van der Waals surface area contributed by atoms with Crippen LogP contribution in [0.3, 0.4) is 0 Å². The van der Waals surface area contributed by atoms with E-state index in [-0.39, 0.29) is 5.78 Å². The van der Waals surface area contributed by atoms with Crippen molar-refractivity contribution in [2.24, 2.45) is 0 Å². The summed E-state index contributed by atoms with van der Waals surface area (Å²) in [6.07, 6.45) is 0. The molecule has 0 saturated carbocycles. The number of fused-ring (bicyclic) bond motifs is 1. The van der Waals surface area contributed by atoms with Crippen LogP contribution in [0.5, 0.6) is 0 Å². The monoisotopic (exact) mass is 263 g/mol. The molecule has 0 atom stereocenters. The van der Waals surface area contributed by atoms with Crippen LogP contribution in [0.1, 0.15) is 32.7 Å². The van der Waals surface area contributed by atoms with Gasteiger partial charge in [0.2, 0.25) is 0 Å². The first kappa shape index (κ1) is 12.7. The topological polar surface area (TPSA) is 32.9 Å². The molecule has 1 heterocycles. The number of aryl methyl sites for hydroxylation is 3. The predicted octanol–water partition coefficient (Wildman–Crippen LogP) is 4.32. The summed E-state index contributed by atoms with van der Waals surface area (Å²) < 4.78 is 0. The summed E-state index contributed by atoms with van der Waals surface area (Å²) in [5.41, 5.74) is 5.71. The number of carbonyl (C=O) groups is 1. The van der Waals surface area contributed by atoms with E-state index in [1.165, 1.54) is 5.56 Å². The lowest BCUT2D eigenvalue weighted by atomic mass is 9.96. The number of nitrogens with one attached hydrogen (secondary N) is 1. The van der Waals surface area contributed by atoms with Gasteiger partial charge in [0.15, 0.2) is 5.78 Å². The third-order valence-corrected chi connectivity index (χ3v) is 3.75. The quantitative estimate of drug-likeness (QED) is 0.686. The molecule has 20 heavy (non-hydrogen) atoms. The van der Waals surface area contributed by atoms with Crippen LogP contribution in [-0.4, -0.2) is 10.8 Å². The molecule has 0 aliphatic rings. The second-order valence-electron chi connectivity index (χ2n) is 5.32. The summed E-state index contributed by atoms with van der Waals surface area (Å²) in [5.74, 6) is 0.0949. The number of aromatic amines is 1. The molecule has 3 aromatic rings. The predicted molar refractivity (Wildman–Crippen MR) is 82.4 cm³/mol. The Kier molecular flexibility index (Phi) is 2.94. The molecule has 0 aliphatic carbocycles. The Morgan fingerprint density at radius 2 is 1.75 bits per heavy atom. The van der Waals surface area contributed by atoms with E-state index >= 15 is 0 Å². The zero-order valence-electron chi connectivity index (χ0n) is 11.9. The van der Waals surface area contributed by atoms with Crippen LogP contribution in [0.2, 0.25) is 0 Å². The van der Waals surface area contributed by atoms with Gasteiger partial charge in [-0.2, -0.15) is 0 Å². The fourth-order valence-electron chi connectivity index (χ4n) is 2.77. The summed E-state index contributed by atoms with van der Waals surface area (Å²) in [5, 5.41) is 0.995. The Hall–Kier alpha value is -2.35. The summed E-state index contributed by atoms with van der Waals surface area (Å²) in [6.45, 7) is 5.99. The number of rotatable bonds is 2. The lowest BCUT2D eigenvalue weighted by molar-refractivity contribution is 0.103. The second kappa shape index (κ2) is 4.64. The highest BCUT2D eigenvalue weighted by Gasteiger charge is 2.18. The molecular formula is C18H17NO. The lowest BCUT2D eigenvalue weighted by Crippen LogP contribution is -2.05. The number of ketones is 1. The highest BCUT2D eigenvalue weighted by atomic mass is 16.1. The smallest absolute Gasteiger partial charge is 0.195 e. The van der Waals surface area contributed by atoms with Gasteiger partial charge in [-0.25, -0.2) is 0 Å². The molecule has 0 spiro atoms. The van der Waals surface area contributed by atoms with Crippen molar-refractivity contribution in [1.29, 1.82) is 0 Å². The first-order valence-electron chi connectivity index (χ1n) is 6.77. The van der Waals surface area contributed by atoms with Gasteiger partial charge in [-0.3, -0.25) is 4.79 Å². The second-order valence-corrected chi connectivity index (χ2v) is 5.32. The van der Waals surface area contributed by atoms with Gasteiger partial charge in [0, 0.05) is 22.2 Å². The molecule has 100 valence electrons. The SMILES string of the molecule is Cc1ccc(C(=O)c2c(C)[nH]c3ccccc23)c(C)c1. The highest BCUT2D eigenvalue weighted by molar-refractivity contribution is 6.17. The molecule has 2 heteroatoms. The number of hydrogen-bond acceptors (Lipinski definition) is 1. The number of para-hydroxylation sites is 1. The van der Waals surface area contributed by atoms with Gasteiger partial charge in [-0.1, -0.05) is 42.0 Å². The third-order valence-electron chi connectivity index (χ3n) is 3.75. The number of aromatic nitrogens is 1. The minimum absolute atomic E-state index is 0.0949. The normalized spacial score (nSPS) is 10.9. The maximum atomic E-state index is 12.9. The van der Waals surface area contributed by atoms with Gasteiger partial charge < -0.3 is 4.98 Å². The Morgan fingerprint density at radius 1 is 1.00 bits per heavy atom. The fourth-order valence-corrected chi connectivity index (χ4v) is 2.77. The Bertz CT molecular complexity index is 811. The maximum absolute atomic E-state index is 12.9. The molecule has 1 N–H and O–H groups in total. The van der Waals surface area contributed by atoms with Gasteiger partial charge in [0.1, 0.15) is 0 Å².